The maximum Gasteiger partial charge on any atom is 0.319 e. The predicted octanol–water partition coefficient (Wildman–Crippen LogP) is 3.44. The van der Waals surface area contributed by atoms with Gasteiger partial charge in [0.2, 0.25) is 0 Å². The summed E-state index contributed by atoms with van der Waals surface area (Å²) in [4.78, 5) is 12.3. The zero-order valence-electron chi connectivity index (χ0n) is 14.2. The Morgan fingerprint density at radius 1 is 1.21 bits per heavy atom. The number of hydrogen-bond acceptors (Lipinski definition) is 3. The molecular weight excluding hydrogens is 304 g/mol. The van der Waals surface area contributed by atoms with Crippen LogP contribution >= 0.6 is 0 Å². The Balaban J connectivity index is 1.65. The average Bonchev–Trinajstić information content (AvgIpc) is 2.57. The smallest absolute Gasteiger partial charge is 0.319 e. The van der Waals surface area contributed by atoms with Crippen molar-refractivity contribution in [3.05, 3.63) is 53.1 Å². The summed E-state index contributed by atoms with van der Waals surface area (Å²) in [6.07, 6.45) is 0.715. The third-order valence-corrected chi connectivity index (χ3v) is 4.23. The van der Waals surface area contributed by atoms with Crippen molar-refractivity contribution in [2.24, 2.45) is 0 Å². The Morgan fingerprint density at radius 3 is 2.67 bits per heavy atom. The van der Waals surface area contributed by atoms with Gasteiger partial charge in [0.1, 0.15) is 18.1 Å². The lowest BCUT2D eigenvalue weighted by Crippen LogP contribution is -2.44. The lowest BCUT2D eigenvalue weighted by Gasteiger charge is -2.26. The average molecular weight is 326 g/mol. The Bertz CT molecular complexity index is 738. The SMILES string of the molecule is COc1ccc2c(c1)C[C@H](NC(=O)Nc1c(C)cccc1C)CO2. The van der Waals surface area contributed by atoms with Crippen LogP contribution in [-0.4, -0.2) is 25.8 Å². The van der Waals surface area contributed by atoms with Crippen LogP contribution in [0, 0.1) is 13.8 Å². The Morgan fingerprint density at radius 2 is 1.96 bits per heavy atom. The van der Waals surface area contributed by atoms with E-state index in [9.17, 15) is 4.79 Å². The van der Waals surface area contributed by atoms with Crippen molar-refractivity contribution in [3.63, 3.8) is 0 Å². The molecule has 2 amide bonds. The van der Waals surface area contributed by atoms with Gasteiger partial charge in [0.05, 0.1) is 13.2 Å². The van der Waals surface area contributed by atoms with Crippen molar-refractivity contribution in [1.29, 1.82) is 0 Å². The van der Waals surface area contributed by atoms with E-state index in [0.29, 0.717) is 13.0 Å². The first-order chi connectivity index (χ1) is 11.6. The lowest BCUT2D eigenvalue weighted by atomic mass is 10.0. The number of fused-ring (bicyclic) bond motifs is 1. The van der Waals surface area contributed by atoms with Crippen molar-refractivity contribution in [1.82, 2.24) is 5.32 Å². The first-order valence-corrected chi connectivity index (χ1v) is 8.00. The van der Waals surface area contributed by atoms with Crippen LogP contribution in [0.3, 0.4) is 0 Å². The van der Waals surface area contributed by atoms with Crippen LogP contribution in [0.25, 0.3) is 0 Å². The van der Waals surface area contributed by atoms with Crippen LogP contribution in [0.5, 0.6) is 11.5 Å². The van der Waals surface area contributed by atoms with Crippen molar-refractivity contribution < 1.29 is 14.3 Å². The van der Waals surface area contributed by atoms with Crippen LogP contribution < -0.4 is 20.1 Å². The highest BCUT2D eigenvalue weighted by Gasteiger charge is 2.22. The number of carbonyl (C=O) groups excluding carboxylic acids is 1. The van der Waals surface area contributed by atoms with Crippen LogP contribution in [0.1, 0.15) is 16.7 Å². The highest BCUT2D eigenvalue weighted by Crippen LogP contribution is 2.28. The molecule has 24 heavy (non-hydrogen) atoms. The van der Waals surface area contributed by atoms with Crippen molar-refractivity contribution in [2.45, 2.75) is 26.3 Å². The number of rotatable bonds is 3. The van der Waals surface area contributed by atoms with Gasteiger partial charge in [0, 0.05) is 5.69 Å². The van der Waals surface area contributed by atoms with Gasteiger partial charge in [-0.25, -0.2) is 4.79 Å². The summed E-state index contributed by atoms with van der Waals surface area (Å²) in [5.74, 6) is 1.64. The van der Waals surface area contributed by atoms with E-state index in [0.717, 1.165) is 33.9 Å². The van der Waals surface area contributed by atoms with Gasteiger partial charge in [-0.15, -0.1) is 0 Å². The second-order valence-corrected chi connectivity index (χ2v) is 6.05. The van der Waals surface area contributed by atoms with Gasteiger partial charge in [-0.05, 0) is 55.2 Å². The minimum Gasteiger partial charge on any atom is -0.497 e. The van der Waals surface area contributed by atoms with Crippen molar-refractivity contribution >= 4 is 11.7 Å². The summed E-state index contributed by atoms with van der Waals surface area (Å²) in [5, 5.41) is 5.93. The van der Waals surface area contributed by atoms with E-state index in [2.05, 4.69) is 10.6 Å². The largest absolute Gasteiger partial charge is 0.497 e. The topological polar surface area (TPSA) is 59.6 Å². The van der Waals surface area contributed by atoms with Gasteiger partial charge in [-0.2, -0.15) is 0 Å². The molecule has 1 heterocycles. The molecule has 2 aromatic rings. The fraction of sp³-hybridized carbons (Fsp3) is 0.316. The zero-order chi connectivity index (χ0) is 17.1. The molecule has 0 aliphatic carbocycles. The molecule has 0 spiro atoms. The first kappa shape index (κ1) is 16.2. The number of anilines is 1. The van der Waals surface area contributed by atoms with Gasteiger partial charge >= 0.3 is 6.03 Å². The molecule has 2 aromatic carbocycles. The second-order valence-electron chi connectivity index (χ2n) is 6.05. The minimum absolute atomic E-state index is 0.0751. The molecule has 3 rings (SSSR count). The molecule has 126 valence electrons. The van der Waals surface area contributed by atoms with E-state index >= 15 is 0 Å². The number of urea groups is 1. The van der Waals surface area contributed by atoms with Gasteiger partial charge in [-0.1, -0.05) is 18.2 Å². The zero-order valence-corrected chi connectivity index (χ0v) is 14.2. The summed E-state index contributed by atoms with van der Waals surface area (Å²) in [6, 6.07) is 11.4. The molecular formula is C19H22N2O3. The van der Waals surface area contributed by atoms with Crippen LogP contribution in [0.15, 0.2) is 36.4 Å². The summed E-state index contributed by atoms with van der Waals surface area (Å²) in [7, 11) is 1.64. The molecule has 1 aliphatic rings. The van der Waals surface area contributed by atoms with Crippen molar-refractivity contribution in [2.75, 3.05) is 19.0 Å². The second kappa shape index (κ2) is 6.83. The van der Waals surface area contributed by atoms with E-state index < -0.39 is 0 Å². The fourth-order valence-electron chi connectivity index (χ4n) is 2.94. The maximum atomic E-state index is 12.3. The molecule has 1 atom stereocenters. The highest BCUT2D eigenvalue weighted by molar-refractivity contribution is 5.91. The van der Waals surface area contributed by atoms with Gasteiger partial charge < -0.3 is 20.1 Å². The molecule has 5 nitrogen and oxygen atoms in total. The molecule has 0 fully saturated rings. The van der Waals surface area contributed by atoms with Crippen molar-refractivity contribution in [3.8, 4) is 11.5 Å². The molecule has 0 unspecified atom stereocenters. The maximum absolute atomic E-state index is 12.3. The molecule has 0 radical (unpaired) electrons. The number of carbonyl (C=O) groups is 1. The fourth-order valence-corrected chi connectivity index (χ4v) is 2.94. The third kappa shape index (κ3) is 3.45. The van der Waals surface area contributed by atoms with Crippen LogP contribution in [0.2, 0.25) is 0 Å². The normalized spacial score (nSPS) is 15.9. The third-order valence-electron chi connectivity index (χ3n) is 4.23. The summed E-state index contributed by atoms with van der Waals surface area (Å²) < 4.78 is 11.0. The predicted molar refractivity (Wildman–Crippen MR) is 94.1 cm³/mol. The first-order valence-electron chi connectivity index (χ1n) is 8.00. The Kier molecular flexibility index (Phi) is 4.60. The Hall–Kier alpha value is -2.69. The number of methoxy groups -OCH3 is 1. The summed E-state index contributed by atoms with van der Waals surface area (Å²) in [5.41, 5.74) is 3.98. The van der Waals surface area contributed by atoms with E-state index in [1.807, 2.05) is 50.2 Å². The molecule has 5 heteroatoms. The lowest BCUT2D eigenvalue weighted by molar-refractivity contribution is 0.222. The summed E-state index contributed by atoms with van der Waals surface area (Å²) in [6.45, 7) is 4.42. The van der Waals surface area contributed by atoms with E-state index in [1.54, 1.807) is 7.11 Å². The van der Waals surface area contributed by atoms with Crippen LogP contribution in [-0.2, 0) is 6.42 Å². The van der Waals surface area contributed by atoms with Gasteiger partial charge in [0.25, 0.3) is 0 Å². The van der Waals surface area contributed by atoms with Gasteiger partial charge in [-0.3, -0.25) is 0 Å². The van der Waals surface area contributed by atoms with E-state index in [4.69, 9.17) is 9.47 Å². The number of hydrogen-bond donors (Lipinski definition) is 2. The number of aryl methyl sites for hydroxylation is 2. The highest BCUT2D eigenvalue weighted by atomic mass is 16.5. The number of amides is 2. The quantitative estimate of drug-likeness (QED) is 0.908. The van der Waals surface area contributed by atoms with Gasteiger partial charge in [0.15, 0.2) is 0 Å². The van der Waals surface area contributed by atoms with Crippen LogP contribution in [0.4, 0.5) is 10.5 Å². The number of nitrogens with one attached hydrogen (secondary N) is 2. The summed E-state index contributed by atoms with van der Waals surface area (Å²) >= 11 is 0. The Labute approximate surface area is 142 Å². The van der Waals surface area contributed by atoms with E-state index in [1.165, 1.54) is 0 Å². The minimum atomic E-state index is -0.215. The molecule has 0 bridgehead atoms. The number of benzene rings is 2. The standard InChI is InChI=1S/C19H22N2O3/c1-12-5-4-6-13(2)18(12)21-19(22)20-15-9-14-10-16(23-3)7-8-17(14)24-11-15/h4-8,10,15H,9,11H2,1-3H3,(H2,20,21,22)/t15-/m0/s1. The molecule has 2 N–H and O–H groups in total. The molecule has 0 saturated carbocycles. The number of para-hydroxylation sites is 1. The number of ether oxygens (including phenoxy) is 2. The van der Waals surface area contributed by atoms with E-state index in [-0.39, 0.29) is 12.1 Å². The molecule has 0 saturated heterocycles. The molecule has 0 aromatic heterocycles. The monoisotopic (exact) mass is 326 g/mol. The molecule has 1 aliphatic heterocycles.